The molecule has 0 fully saturated rings. The van der Waals surface area contributed by atoms with Crippen LogP contribution in [0.4, 0.5) is 108 Å². The minimum absolute atomic E-state index is 3.17. The molecule has 0 radical (unpaired) electrons. The van der Waals surface area contributed by atoms with Crippen LogP contribution in [0.3, 0.4) is 0 Å². The summed E-state index contributed by atoms with van der Waals surface area (Å²) in [7, 11) is 0. The van der Waals surface area contributed by atoms with Gasteiger partial charge in [0.25, 0.3) is 0 Å². The van der Waals surface area contributed by atoms with E-state index in [1.54, 1.807) is 0 Å². The van der Waals surface area contributed by atoms with E-state index in [9.17, 15) is 117 Å². The van der Waals surface area contributed by atoms with E-state index in [0.717, 1.165) is 0 Å². The first-order chi connectivity index (χ1) is 18.5. The molecule has 0 heterocycles. The van der Waals surface area contributed by atoms with Crippen LogP contribution in [-0.2, 0) is 12.1 Å². The maximum Gasteiger partial charge on any atom is 0.460 e. The Morgan fingerprint density at radius 3 is 0.907 bits per heavy atom. The summed E-state index contributed by atoms with van der Waals surface area (Å²) >= 11 is 0. The van der Waals surface area contributed by atoms with Crippen molar-refractivity contribution in [3.63, 3.8) is 0 Å². The Kier molecular flexibility index (Phi) is 8.50. The van der Waals surface area contributed by atoms with Crippen molar-refractivity contribution in [1.82, 2.24) is 0 Å². The standard InChI is InChI=1S/C15F22N2O4/c16-3-1(8(20,21)22)4(17)6(39(42)43)2(5(3)38(40)41)7(18,19)9(23,24)10(25,26)11(27,28)12(29,30)13(31,32)14(33,34)15(35,36)37. The molecule has 0 aliphatic heterocycles. The molecular formula is C15F22N2O4. The third-order valence-corrected chi connectivity index (χ3v) is 5.01. The van der Waals surface area contributed by atoms with Gasteiger partial charge in [-0.25, -0.2) is 0 Å². The Bertz CT molecular complexity index is 1270. The zero-order chi connectivity index (χ0) is 35.1. The average Bonchev–Trinajstić information content (AvgIpc) is 2.75. The number of rotatable bonds is 9. The summed E-state index contributed by atoms with van der Waals surface area (Å²) in [6.07, 6.45) is -14.9. The average molecular weight is 690 g/mol. The molecule has 0 atom stereocenters. The van der Waals surface area contributed by atoms with E-state index in [-0.39, 0.29) is 0 Å². The first kappa shape index (κ1) is 37.5. The Labute approximate surface area is 216 Å². The normalized spacial score (nSPS) is 15.1. The van der Waals surface area contributed by atoms with Crippen LogP contribution >= 0.6 is 0 Å². The van der Waals surface area contributed by atoms with Crippen molar-refractivity contribution in [3.8, 4) is 0 Å². The zero-order valence-electron chi connectivity index (χ0n) is 18.3. The molecule has 1 aromatic carbocycles. The summed E-state index contributed by atoms with van der Waals surface area (Å²) in [5, 5.41) is 21.7. The van der Waals surface area contributed by atoms with Crippen molar-refractivity contribution < 1.29 is 106 Å². The number of benzene rings is 1. The Hall–Kier alpha value is -3.52. The van der Waals surface area contributed by atoms with Crippen LogP contribution in [0.25, 0.3) is 0 Å². The molecule has 0 aliphatic carbocycles. The predicted octanol–water partition coefficient (Wildman–Crippen LogP) is 8.27. The van der Waals surface area contributed by atoms with Crippen molar-refractivity contribution >= 4 is 11.4 Å². The molecule has 0 aromatic heterocycles. The molecule has 248 valence electrons. The summed E-state index contributed by atoms with van der Waals surface area (Å²) in [6.45, 7) is 0. The highest BCUT2D eigenvalue weighted by Crippen LogP contribution is 2.66. The van der Waals surface area contributed by atoms with E-state index in [4.69, 9.17) is 0 Å². The summed E-state index contributed by atoms with van der Waals surface area (Å²) in [4.78, 5) is 15.4. The van der Waals surface area contributed by atoms with Crippen molar-refractivity contribution in [3.05, 3.63) is 43.0 Å². The van der Waals surface area contributed by atoms with Gasteiger partial charge in [-0.05, 0) is 0 Å². The van der Waals surface area contributed by atoms with Crippen molar-refractivity contribution in [2.24, 2.45) is 0 Å². The lowest BCUT2D eigenvalue weighted by atomic mass is 9.85. The van der Waals surface area contributed by atoms with Crippen LogP contribution in [-0.4, -0.2) is 51.6 Å². The first-order valence-corrected chi connectivity index (χ1v) is 9.09. The minimum Gasteiger partial charge on any atom is -0.258 e. The van der Waals surface area contributed by atoms with Gasteiger partial charge in [0.1, 0.15) is 5.56 Å². The van der Waals surface area contributed by atoms with Gasteiger partial charge in [-0.3, -0.25) is 20.2 Å². The van der Waals surface area contributed by atoms with Gasteiger partial charge < -0.3 is 0 Å². The van der Waals surface area contributed by atoms with Gasteiger partial charge >= 0.3 is 65.2 Å². The molecule has 0 amide bonds. The maximum absolute atomic E-state index is 14.6. The minimum atomic E-state index is -9.32. The fraction of sp³-hybridized carbons (Fsp3) is 0.600. The Balaban J connectivity index is 4.33. The SMILES string of the molecule is O=[N+]([O-])c1c(F)c(C(F)(F)F)c(F)c([N+](=O)[O-])c1C(F)(F)C(F)(F)C(F)(F)C(F)(F)C(F)(F)C(F)(F)C(F)(F)C(F)(F)F. The number of halogens is 22. The molecule has 0 N–H and O–H groups in total. The maximum atomic E-state index is 14.6. The van der Waals surface area contributed by atoms with Crippen LogP contribution in [0.1, 0.15) is 11.1 Å². The molecule has 1 aromatic rings. The largest absolute Gasteiger partial charge is 0.460 e. The molecule has 0 spiro atoms. The van der Waals surface area contributed by atoms with Crippen molar-refractivity contribution in [2.75, 3.05) is 0 Å². The van der Waals surface area contributed by atoms with Crippen LogP contribution in [0, 0.1) is 31.9 Å². The molecule has 0 saturated carbocycles. The molecule has 43 heavy (non-hydrogen) atoms. The van der Waals surface area contributed by atoms with E-state index >= 15 is 0 Å². The van der Waals surface area contributed by atoms with Crippen LogP contribution in [0.15, 0.2) is 0 Å². The van der Waals surface area contributed by atoms with Crippen LogP contribution in [0.2, 0.25) is 0 Å². The molecule has 0 saturated heterocycles. The van der Waals surface area contributed by atoms with Crippen molar-refractivity contribution in [1.29, 1.82) is 0 Å². The molecule has 0 aliphatic rings. The monoisotopic (exact) mass is 690 g/mol. The summed E-state index contributed by atoms with van der Waals surface area (Å²) in [5.41, 5.74) is -17.0. The summed E-state index contributed by atoms with van der Waals surface area (Å²) in [6, 6.07) is 0. The highest BCUT2D eigenvalue weighted by molar-refractivity contribution is 5.62. The second-order valence-electron chi connectivity index (χ2n) is 7.61. The summed E-state index contributed by atoms with van der Waals surface area (Å²) in [5.74, 6) is -71.2. The number of nitro benzene ring substituents is 2. The fourth-order valence-corrected chi connectivity index (χ4v) is 2.87. The van der Waals surface area contributed by atoms with Gasteiger partial charge in [0, 0.05) is 0 Å². The zero-order valence-corrected chi connectivity index (χ0v) is 18.3. The van der Waals surface area contributed by atoms with E-state index in [0.29, 0.717) is 0 Å². The van der Waals surface area contributed by atoms with E-state index in [1.807, 2.05) is 0 Å². The molecule has 28 heteroatoms. The van der Waals surface area contributed by atoms with Crippen molar-refractivity contribution in [2.45, 2.75) is 53.8 Å². The Morgan fingerprint density at radius 1 is 0.419 bits per heavy atom. The lowest BCUT2D eigenvalue weighted by molar-refractivity contribution is -0.464. The lowest BCUT2D eigenvalue weighted by Crippen LogP contribution is -2.74. The van der Waals surface area contributed by atoms with Gasteiger partial charge in [-0.15, -0.1) is 0 Å². The first-order valence-electron chi connectivity index (χ1n) is 9.09. The number of hydrogen-bond acceptors (Lipinski definition) is 4. The third-order valence-electron chi connectivity index (χ3n) is 5.01. The highest BCUT2D eigenvalue weighted by Gasteiger charge is 2.95. The lowest BCUT2D eigenvalue weighted by Gasteiger charge is -2.42. The topological polar surface area (TPSA) is 86.3 Å². The van der Waals surface area contributed by atoms with Gasteiger partial charge in [0.2, 0.25) is 11.6 Å². The molecule has 0 bridgehead atoms. The number of nitro groups is 2. The highest BCUT2D eigenvalue weighted by atomic mass is 19.4. The van der Waals surface area contributed by atoms with E-state index in [2.05, 4.69) is 0 Å². The van der Waals surface area contributed by atoms with E-state index in [1.165, 1.54) is 0 Å². The quantitative estimate of drug-likeness (QED) is 0.148. The van der Waals surface area contributed by atoms with Gasteiger partial charge in [0.15, 0.2) is 5.56 Å². The predicted molar refractivity (Wildman–Crippen MR) is 84.3 cm³/mol. The Morgan fingerprint density at radius 2 is 0.674 bits per heavy atom. The van der Waals surface area contributed by atoms with Gasteiger partial charge in [-0.2, -0.15) is 96.6 Å². The van der Waals surface area contributed by atoms with Crippen LogP contribution < -0.4 is 0 Å². The summed E-state index contributed by atoms with van der Waals surface area (Å²) < 4.78 is 295. The number of hydrogen-bond donors (Lipinski definition) is 0. The van der Waals surface area contributed by atoms with Gasteiger partial charge in [0.05, 0.1) is 9.85 Å². The molecular weight excluding hydrogens is 690 g/mol. The van der Waals surface area contributed by atoms with Gasteiger partial charge in [-0.1, -0.05) is 0 Å². The molecule has 1 rings (SSSR count). The molecule has 0 unspecified atom stereocenters. The third kappa shape index (κ3) is 4.78. The molecule has 6 nitrogen and oxygen atoms in total. The van der Waals surface area contributed by atoms with Crippen LogP contribution in [0.5, 0.6) is 0 Å². The number of alkyl halides is 20. The second kappa shape index (κ2) is 9.74. The smallest absolute Gasteiger partial charge is 0.258 e. The fourth-order valence-electron chi connectivity index (χ4n) is 2.87. The van der Waals surface area contributed by atoms with E-state index < -0.39 is 97.8 Å². The second-order valence-corrected chi connectivity index (χ2v) is 7.61. The number of nitrogens with zero attached hydrogens (tertiary/aromatic N) is 2.